The van der Waals surface area contributed by atoms with Crippen molar-refractivity contribution in [1.82, 2.24) is 4.57 Å². The van der Waals surface area contributed by atoms with Gasteiger partial charge in [-0.25, -0.2) is 0 Å². The number of carbonyl (C=O) groups is 1. The zero-order valence-corrected chi connectivity index (χ0v) is 12.8. The first-order valence-corrected chi connectivity index (χ1v) is 7.68. The third kappa shape index (κ3) is 3.02. The summed E-state index contributed by atoms with van der Waals surface area (Å²) >= 11 is 0. The Kier molecular flexibility index (Phi) is 4.25. The van der Waals surface area contributed by atoms with Crippen LogP contribution in [0.3, 0.4) is 0 Å². The molecule has 3 heteroatoms. The predicted octanol–water partition coefficient (Wildman–Crippen LogP) is 4.17. The molecule has 1 heterocycles. The van der Waals surface area contributed by atoms with Crippen LogP contribution in [0.1, 0.15) is 16.8 Å². The lowest BCUT2D eigenvalue weighted by Crippen LogP contribution is -2.25. The van der Waals surface area contributed by atoms with E-state index in [1.807, 2.05) is 54.6 Å². The van der Waals surface area contributed by atoms with E-state index in [1.165, 1.54) is 0 Å². The molecule has 114 valence electrons. The van der Waals surface area contributed by atoms with Crippen LogP contribution in [0.5, 0.6) is 0 Å². The second kappa shape index (κ2) is 6.50. The fourth-order valence-corrected chi connectivity index (χ4v) is 3.18. The van der Waals surface area contributed by atoms with E-state index in [-0.39, 0.29) is 23.7 Å². The molecule has 1 aliphatic rings. The number of hydrogen-bond acceptors (Lipinski definition) is 2. The van der Waals surface area contributed by atoms with E-state index in [0.717, 1.165) is 11.1 Å². The molecule has 2 aromatic rings. The maximum atomic E-state index is 12.7. The van der Waals surface area contributed by atoms with Gasteiger partial charge in [0.15, 0.2) is 0 Å². The van der Waals surface area contributed by atoms with E-state index in [4.69, 9.17) is 0 Å². The minimum atomic E-state index is -0.306. The number of nitrogens with zero attached hydrogens (tertiary/aromatic N) is 2. The summed E-state index contributed by atoms with van der Waals surface area (Å²) in [5, 5.41) is 9.47. The van der Waals surface area contributed by atoms with Crippen molar-refractivity contribution in [3.8, 4) is 6.07 Å². The van der Waals surface area contributed by atoms with Gasteiger partial charge in [-0.15, -0.1) is 0 Å². The van der Waals surface area contributed by atoms with E-state index in [1.54, 1.807) is 17.0 Å². The zero-order valence-electron chi connectivity index (χ0n) is 12.8. The maximum Gasteiger partial charge on any atom is 0.234 e. The summed E-state index contributed by atoms with van der Waals surface area (Å²) in [6.07, 6.45) is 8.06. The van der Waals surface area contributed by atoms with E-state index < -0.39 is 0 Å². The molecule has 23 heavy (non-hydrogen) atoms. The highest BCUT2D eigenvalue weighted by atomic mass is 16.2. The molecular formula is C20H18N2O. The van der Waals surface area contributed by atoms with Crippen LogP contribution in [-0.4, -0.2) is 10.5 Å². The number of carbonyl (C=O) groups excluding carboxylic acids is 1. The van der Waals surface area contributed by atoms with Crippen LogP contribution in [0.25, 0.3) is 6.08 Å². The fourth-order valence-electron chi connectivity index (χ4n) is 3.18. The Morgan fingerprint density at radius 1 is 1.22 bits per heavy atom. The lowest BCUT2D eigenvalue weighted by atomic mass is 9.88. The fraction of sp³-hybridized carbons (Fsp3) is 0.200. The van der Waals surface area contributed by atoms with Gasteiger partial charge in [-0.3, -0.25) is 9.36 Å². The smallest absolute Gasteiger partial charge is 0.234 e. The Bertz CT molecular complexity index is 766. The van der Waals surface area contributed by atoms with Gasteiger partial charge in [0, 0.05) is 18.3 Å². The highest BCUT2D eigenvalue weighted by molar-refractivity contribution is 5.83. The molecule has 0 bridgehead atoms. The molecule has 0 radical (unpaired) electrons. The number of benzene rings is 1. The van der Waals surface area contributed by atoms with Crippen molar-refractivity contribution in [3.63, 3.8) is 0 Å². The average molecular weight is 302 g/mol. The largest absolute Gasteiger partial charge is 0.294 e. The molecule has 0 unspecified atom stereocenters. The van der Waals surface area contributed by atoms with Crippen LogP contribution in [0, 0.1) is 29.1 Å². The molecule has 3 rings (SSSR count). The Hall–Kier alpha value is -2.86. The summed E-state index contributed by atoms with van der Waals surface area (Å²) in [6, 6.07) is 15.9. The number of nitriles is 1. The Labute approximate surface area is 136 Å². The summed E-state index contributed by atoms with van der Waals surface area (Å²) in [6.45, 7) is 4.01. The monoisotopic (exact) mass is 302 g/mol. The molecule has 0 saturated heterocycles. The molecule has 0 aliphatic heterocycles. The van der Waals surface area contributed by atoms with Gasteiger partial charge >= 0.3 is 0 Å². The molecule has 0 amide bonds. The van der Waals surface area contributed by atoms with E-state index in [2.05, 4.69) is 12.6 Å². The van der Waals surface area contributed by atoms with Gasteiger partial charge in [0.2, 0.25) is 5.91 Å². The first-order chi connectivity index (χ1) is 11.2. The standard InChI is InChI=1S/C20H18N2O/c1-15-13-18(20(23)22-11-5-6-12-22)17(19(15)14-21)10-9-16-7-3-2-4-8-16/h2-12,17-19H,1,13H2/b10-9+/t17-,18+,19+/m0/s1. The van der Waals surface area contributed by atoms with Crippen molar-refractivity contribution >= 4 is 12.0 Å². The quantitative estimate of drug-likeness (QED) is 0.799. The number of aromatic nitrogens is 1. The summed E-state index contributed by atoms with van der Waals surface area (Å²) in [5.41, 5.74) is 1.91. The molecule has 1 aliphatic carbocycles. The van der Waals surface area contributed by atoms with Gasteiger partial charge in [0.25, 0.3) is 0 Å². The molecule has 1 aromatic carbocycles. The first-order valence-electron chi connectivity index (χ1n) is 7.68. The third-order valence-electron chi connectivity index (χ3n) is 4.40. The zero-order chi connectivity index (χ0) is 16.2. The van der Waals surface area contributed by atoms with Gasteiger partial charge < -0.3 is 0 Å². The average Bonchev–Trinajstić information content (AvgIpc) is 3.21. The number of allylic oxidation sites excluding steroid dienone is 2. The van der Waals surface area contributed by atoms with Crippen LogP contribution in [0.2, 0.25) is 0 Å². The first kappa shape index (κ1) is 15.1. The molecule has 1 saturated carbocycles. The third-order valence-corrected chi connectivity index (χ3v) is 4.40. The van der Waals surface area contributed by atoms with Crippen molar-refractivity contribution in [3.05, 3.63) is 78.6 Å². The summed E-state index contributed by atoms with van der Waals surface area (Å²) in [4.78, 5) is 12.7. The van der Waals surface area contributed by atoms with Crippen LogP contribution in [-0.2, 0) is 0 Å². The van der Waals surface area contributed by atoms with Crippen LogP contribution >= 0.6 is 0 Å². The molecule has 1 aromatic heterocycles. The predicted molar refractivity (Wildman–Crippen MR) is 90.4 cm³/mol. The van der Waals surface area contributed by atoms with Crippen LogP contribution in [0.4, 0.5) is 0 Å². The van der Waals surface area contributed by atoms with Gasteiger partial charge in [0.1, 0.15) is 0 Å². The highest BCUT2D eigenvalue weighted by Crippen LogP contribution is 2.42. The van der Waals surface area contributed by atoms with Crippen molar-refractivity contribution in [2.45, 2.75) is 6.42 Å². The molecule has 3 atom stereocenters. The number of hydrogen-bond donors (Lipinski definition) is 0. The minimum absolute atomic E-state index is 0.0246. The summed E-state index contributed by atoms with van der Waals surface area (Å²) in [7, 11) is 0. The Morgan fingerprint density at radius 3 is 2.57 bits per heavy atom. The normalized spacial score (nSPS) is 24.0. The van der Waals surface area contributed by atoms with Crippen LogP contribution in [0.15, 0.2) is 73.1 Å². The topological polar surface area (TPSA) is 45.8 Å². The Balaban J connectivity index is 1.89. The van der Waals surface area contributed by atoms with Crippen molar-refractivity contribution in [2.24, 2.45) is 17.8 Å². The molecule has 1 fully saturated rings. The van der Waals surface area contributed by atoms with E-state index in [9.17, 15) is 10.1 Å². The van der Waals surface area contributed by atoms with Gasteiger partial charge in [-0.1, -0.05) is 54.6 Å². The second-order valence-corrected chi connectivity index (χ2v) is 5.85. The van der Waals surface area contributed by atoms with E-state index in [0.29, 0.717) is 6.42 Å². The summed E-state index contributed by atoms with van der Waals surface area (Å²) in [5.74, 6) is -0.654. The molecule has 0 N–H and O–H groups in total. The van der Waals surface area contributed by atoms with Gasteiger partial charge in [-0.2, -0.15) is 5.26 Å². The molecule has 0 spiro atoms. The highest BCUT2D eigenvalue weighted by Gasteiger charge is 2.41. The van der Waals surface area contributed by atoms with E-state index >= 15 is 0 Å². The second-order valence-electron chi connectivity index (χ2n) is 5.85. The van der Waals surface area contributed by atoms with Crippen molar-refractivity contribution in [1.29, 1.82) is 5.26 Å². The summed E-state index contributed by atoms with van der Waals surface area (Å²) < 4.78 is 1.60. The van der Waals surface area contributed by atoms with Gasteiger partial charge in [-0.05, 0) is 24.1 Å². The minimum Gasteiger partial charge on any atom is -0.294 e. The van der Waals surface area contributed by atoms with Crippen molar-refractivity contribution < 1.29 is 4.79 Å². The number of rotatable bonds is 3. The van der Waals surface area contributed by atoms with Crippen molar-refractivity contribution in [2.75, 3.05) is 0 Å². The molecule has 3 nitrogen and oxygen atoms in total. The lowest BCUT2D eigenvalue weighted by molar-refractivity contribution is 0.0815. The Morgan fingerprint density at radius 2 is 1.91 bits per heavy atom. The van der Waals surface area contributed by atoms with Gasteiger partial charge in [0.05, 0.1) is 17.9 Å². The van der Waals surface area contributed by atoms with Crippen LogP contribution < -0.4 is 0 Å². The molecular weight excluding hydrogens is 284 g/mol. The maximum absolute atomic E-state index is 12.7. The SMILES string of the molecule is C=C1C[C@@H](C(=O)n2cccc2)[C@H](/C=C/c2ccccc2)[C@@H]1C#N. The lowest BCUT2D eigenvalue weighted by Gasteiger charge is -2.17.